The molecule has 5 rings (SSSR count). The van der Waals surface area contributed by atoms with Crippen LogP contribution < -0.4 is 10.1 Å². The Morgan fingerprint density at radius 1 is 1.24 bits per heavy atom. The average Bonchev–Trinajstić information content (AvgIpc) is 3.38. The van der Waals surface area contributed by atoms with Gasteiger partial charge in [0.05, 0.1) is 6.61 Å². The van der Waals surface area contributed by atoms with E-state index in [0.29, 0.717) is 36.7 Å². The number of hydrogen-bond donors (Lipinski definition) is 1. The van der Waals surface area contributed by atoms with Gasteiger partial charge in [-0.25, -0.2) is 9.37 Å². The summed E-state index contributed by atoms with van der Waals surface area (Å²) in [4.78, 5) is 8.88. The van der Waals surface area contributed by atoms with E-state index in [0.717, 1.165) is 33.7 Å². The molecule has 0 spiro atoms. The lowest BCUT2D eigenvalue weighted by atomic mass is 10.0. The summed E-state index contributed by atoms with van der Waals surface area (Å²) >= 11 is 0. The fourth-order valence-electron chi connectivity index (χ4n) is 3.85. The molecule has 0 unspecified atom stereocenters. The van der Waals surface area contributed by atoms with Crippen molar-refractivity contribution in [3.63, 3.8) is 0 Å². The first kappa shape index (κ1) is 17.5. The van der Waals surface area contributed by atoms with E-state index < -0.39 is 0 Å². The highest BCUT2D eigenvalue weighted by molar-refractivity contribution is 5.78. The summed E-state index contributed by atoms with van der Waals surface area (Å²) in [5, 5.41) is 11.5. The first-order valence-electron chi connectivity index (χ1n) is 9.41. The van der Waals surface area contributed by atoms with Gasteiger partial charge in [0.25, 0.3) is 0 Å². The van der Waals surface area contributed by atoms with Gasteiger partial charge in [-0.2, -0.15) is 0 Å². The Morgan fingerprint density at radius 3 is 3.00 bits per heavy atom. The molecule has 29 heavy (non-hydrogen) atoms. The van der Waals surface area contributed by atoms with Gasteiger partial charge >= 0.3 is 0 Å². The Balaban J connectivity index is 1.51. The van der Waals surface area contributed by atoms with Gasteiger partial charge in [-0.15, -0.1) is 10.2 Å². The number of halogens is 1. The van der Waals surface area contributed by atoms with Crippen molar-refractivity contribution in [3.8, 4) is 16.9 Å². The molecule has 1 N–H and O–H groups in total. The minimum absolute atomic E-state index is 0.234. The third-order valence-electron chi connectivity index (χ3n) is 5.28. The third-order valence-corrected chi connectivity index (χ3v) is 5.28. The SMILES string of the molecule is Cc1cc(F)c(CNc2ncc(-c3cccnc3C)c3nncn23)c2c1OCC2. The number of ether oxygens (including phenoxy) is 1. The van der Waals surface area contributed by atoms with Crippen LogP contribution in [0.2, 0.25) is 0 Å². The van der Waals surface area contributed by atoms with Crippen LogP contribution in [-0.2, 0) is 13.0 Å². The standard InChI is InChI=1S/C21H19FN6O/c1-12-8-18(22)16(15-5-7-29-19(12)15)9-24-21-25-10-17(20-27-26-11-28(20)21)14-4-3-6-23-13(14)2/h3-4,6,8,10-11H,5,7,9H2,1-2H3,(H,24,25). The van der Waals surface area contributed by atoms with E-state index in [1.807, 2.05) is 26.0 Å². The predicted octanol–water partition coefficient (Wildman–Crippen LogP) is 3.49. The number of benzene rings is 1. The minimum Gasteiger partial charge on any atom is -0.493 e. The van der Waals surface area contributed by atoms with Crippen molar-refractivity contribution in [3.05, 3.63) is 65.1 Å². The quantitative estimate of drug-likeness (QED) is 0.575. The summed E-state index contributed by atoms with van der Waals surface area (Å²) in [6.45, 7) is 4.69. The van der Waals surface area contributed by atoms with Gasteiger partial charge < -0.3 is 10.1 Å². The van der Waals surface area contributed by atoms with Crippen molar-refractivity contribution in [2.75, 3.05) is 11.9 Å². The van der Waals surface area contributed by atoms with Gasteiger partial charge in [0.1, 0.15) is 17.9 Å². The average molecular weight is 390 g/mol. The molecule has 0 saturated carbocycles. The van der Waals surface area contributed by atoms with Crippen LogP contribution in [0.4, 0.5) is 10.3 Å². The molecule has 4 heterocycles. The first-order chi connectivity index (χ1) is 14.1. The molecule has 8 heteroatoms. The Hall–Kier alpha value is -3.55. The van der Waals surface area contributed by atoms with E-state index in [4.69, 9.17) is 4.74 Å². The van der Waals surface area contributed by atoms with Gasteiger partial charge in [0, 0.05) is 53.3 Å². The van der Waals surface area contributed by atoms with Gasteiger partial charge in [-0.1, -0.05) is 6.07 Å². The zero-order chi connectivity index (χ0) is 20.0. The highest BCUT2D eigenvalue weighted by atomic mass is 19.1. The second-order valence-electron chi connectivity index (χ2n) is 7.07. The van der Waals surface area contributed by atoms with E-state index in [9.17, 15) is 4.39 Å². The summed E-state index contributed by atoms with van der Waals surface area (Å²) in [6, 6.07) is 5.38. The number of aromatic nitrogens is 5. The number of nitrogens with one attached hydrogen (secondary N) is 1. The van der Waals surface area contributed by atoms with Gasteiger partial charge in [0.15, 0.2) is 5.65 Å². The zero-order valence-electron chi connectivity index (χ0n) is 16.1. The highest BCUT2D eigenvalue weighted by Gasteiger charge is 2.22. The maximum absolute atomic E-state index is 14.6. The van der Waals surface area contributed by atoms with Crippen LogP contribution in [0.15, 0.2) is 36.9 Å². The maximum Gasteiger partial charge on any atom is 0.210 e. The molecule has 7 nitrogen and oxygen atoms in total. The van der Waals surface area contributed by atoms with Gasteiger partial charge in [-0.05, 0) is 31.5 Å². The molecule has 4 aromatic rings. The number of hydrogen-bond acceptors (Lipinski definition) is 6. The summed E-state index contributed by atoms with van der Waals surface area (Å²) in [5.74, 6) is 1.11. The van der Waals surface area contributed by atoms with Crippen LogP contribution >= 0.6 is 0 Å². The lowest BCUT2D eigenvalue weighted by Gasteiger charge is -2.14. The summed E-state index contributed by atoms with van der Waals surface area (Å²) in [7, 11) is 0. The molecular formula is C21H19FN6O. The molecule has 0 aliphatic carbocycles. The maximum atomic E-state index is 14.6. The van der Waals surface area contributed by atoms with Gasteiger partial charge in [0.2, 0.25) is 5.95 Å². The molecule has 0 bridgehead atoms. The molecule has 1 aromatic carbocycles. The Morgan fingerprint density at radius 2 is 2.14 bits per heavy atom. The van der Waals surface area contributed by atoms with Crippen LogP contribution in [0.5, 0.6) is 5.75 Å². The molecule has 0 fully saturated rings. The Bertz CT molecular complexity index is 1240. The number of nitrogens with zero attached hydrogens (tertiary/aromatic N) is 5. The fourth-order valence-corrected chi connectivity index (χ4v) is 3.85. The van der Waals surface area contributed by atoms with Crippen LogP contribution in [0.3, 0.4) is 0 Å². The number of aryl methyl sites for hydroxylation is 2. The predicted molar refractivity (Wildman–Crippen MR) is 106 cm³/mol. The third kappa shape index (κ3) is 2.88. The smallest absolute Gasteiger partial charge is 0.210 e. The van der Waals surface area contributed by atoms with Crippen LogP contribution in [0, 0.1) is 19.7 Å². The molecular weight excluding hydrogens is 371 g/mol. The summed E-state index contributed by atoms with van der Waals surface area (Å²) < 4.78 is 22.1. The topological polar surface area (TPSA) is 77.2 Å². The summed E-state index contributed by atoms with van der Waals surface area (Å²) in [5.41, 5.74) is 5.71. The van der Waals surface area contributed by atoms with Crippen molar-refractivity contribution in [2.24, 2.45) is 0 Å². The van der Waals surface area contributed by atoms with Crippen molar-refractivity contribution in [1.82, 2.24) is 24.6 Å². The van der Waals surface area contributed by atoms with Crippen molar-refractivity contribution in [2.45, 2.75) is 26.8 Å². The van der Waals surface area contributed by atoms with E-state index >= 15 is 0 Å². The molecule has 3 aromatic heterocycles. The number of anilines is 1. The fraction of sp³-hybridized carbons (Fsp3) is 0.238. The molecule has 1 aliphatic rings. The largest absolute Gasteiger partial charge is 0.493 e. The Kier molecular flexibility index (Phi) is 4.12. The van der Waals surface area contributed by atoms with E-state index in [1.54, 1.807) is 23.1 Å². The van der Waals surface area contributed by atoms with E-state index in [-0.39, 0.29) is 5.82 Å². The summed E-state index contributed by atoms with van der Waals surface area (Å²) in [6.07, 6.45) is 5.80. The van der Waals surface area contributed by atoms with E-state index in [2.05, 4.69) is 25.5 Å². The van der Waals surface area contributed by atoms with Gasteiger partial charge in [-0.3, -0.25) is 9.38 Å². The van der Waals surface area contributed by atoms with Crippen molar-refractivity contribution < 1.29 is 9.13 Å². The van der Waals surface area contributed by atoms with E-state index in [1.165, 1.54) is 6.07 Å². The molecule has 1 aliphatic heterocycles. The zero-order valence-corrected chi connectivity index (χ0v) is 16.1. The second-order valence-corrected chi connectivity index (χ2v) is 7.07. The molecule has 0 atom stereocenters. The lowest BCUT2D eigenvalue weighted by Crippen LogP contribution is -2.10. The number of pyridine rings is 1. The monoisotopic (exact) mass is 390 g/mol. The second kappa shape index (κ2) is 6.80. The van der Waals surface area contributed by atoms with Crippen LogP contribution in [0.25, 0.3) is 16.8 Å². The normalized spacial score (nSPS) is 12.8. The van der Waals surface area contributed by atoms with Crippen molar-refractivity contribution >= 4 is 11.6 Å². The lowest BCUT2D eigenvalue weighted by molar-refractivity contribution is 0.354. The molecule has 0 radical (unpaired) electrons. The minimum atomic E-state index is -0.234. The van der Waals surface area contributed by atoms with Crippen molar-refractivity contribution in [1.29, 1.82) is 0 Å². The number of fused-ring (bicyclic) bond motifs is 2. The van der Waals surface area contributed by atoms with Crippen LogP contribution in [0.1, 0.15) is 22.4 Å². The Labute approximate surface area is 166 Å². The molecule has 146 valence electrons. The molecule has 0 amide bonds. The van der Waals surface area contributed by atoms with Crippen LogP contribution in [-0.4, -0.2) is 31.2 Å². The first-order valence-corrected chi connectivity index (χ1v) is 9.41. The molecule has 0 saturated heterocycles. The highest BCUT2D eigenvalue weighted by Crippen LogP contribution is 2.34. The number of rotatable bonds is 4.